The Morgan fingerprint density at radius 2 is 1.85 bits per heavy atom. The molecular weight excluding hydrogens is 342 g/mol. The zero-order valence-corrected chi connectivity index (χ0v) is 15.8. The van der Waals surface area contributed by atoms with E-state index in [4.69, 9.17) is 4.74 Å². The van der Waals surface area contributed by atoms with E-state index in [-0.39, 0.29) is 5.91 Å². The molecule has 0 saturated carbocycles. The van der Waals surface area contributed by atoms with Crippen LogP contribution in [0.1, 0.15) is 21.7 Å². The zero-order valence-electron chi connectivity index (χ0n) is 15.8. The minimum absolute atomic E-state index is 0.148. The minimum Gasteiger partial charge on any atom is -0.378 e. The number of fused-ring (bicyclic) bond motifs is 1. The van der Waals surface area contributed by atoms with Crippen molar-refractivity contribution in [2.24, 2.45) is 0 Å². The smallest absolute Gasteiger partial charge is 0.278 e. The highest BCUT2D eigenvalue weighted by Crippen LogP contribution is 2.22. The monoisotopic (exact) mass is 365 g/mol. The Labute approximate surface area is 158 Å². The number of morpholine rings is 1. The van der Waals surface area contributed by atoms with E-state index in [1.54, 1.807) is 22.5 Å². The van der Waals surface area contributed by atoms with Crippen LogP contribution in [0.4, 0.5) is 11.4 Å². The van der Waals surface area contributed by atoms with Gasteiger partial charge in [0, 0.05) is 31.5 Å². The third kappa shape index (κ3) is 3.38. The molecule has 27 heavy (non-hydrogen) atoms. The summed E-state index contributed by atoms with van der Waals surface area (Å²) < 4.78 is 7.07. The van der Waals surface area contributed by atoms with Crippen molar-refractivity contribution in [3.8, 4) is 0 Å². The molecule has 0 N–H and O–H groups in total. The molecule has 1 aromatic carbocycles. The zero-order chi connectivity index (χ0) is 19.0. The maximum absolute atomic E-state index is 12.9. The fourth-order valence-electron chi connectivity index (χ4n) is 3.35. The number of amides is 1. The number of carbonyl (C=O) groups is 1. The van der Waals surface area contributed by atoms with Gasteiger partial charge >= 0.3 is 0 Å². The summed E-state index contributed by atoms with van der Waals surface area (Å²) in [7, 11) is 1.77. The third-order valence-electron chi connectivity index (χ3n) is 4.87. The number of nitrogens with zero attached hydrogens (tertiary/aromatic N) is 5. The fourth-order valence-corrected chi connectivity index (χ4v) is 3.35. The number of aromatic nitrogens is 3. The Kier molecular flexibility index (Phi) is 4.53. The van der Waals surface area contributed by atoms with E-state index in [1.165, 1.54) is 0 Å². The highest BCUT2D eigenvalue weighted by molar-refractivity contribution is 6.04. The fraction of sp³-hybridized carbons (Fsp3) is 0.350. The number of hydrogen-bond donors (Lipinski definition) is 0. The van der Waals surface area contributed by atoms with E-state index >= 15 is 0 Å². The van der Waals surface area contributed by atoms with Crippen molar-refractivity contribution in [2.75, 3.05) is 43.2 Å². The minimum atomic E-state index is -0.148. The highest BCUT2D eigenvalue weighted by Gasteiger charge is 2.18. The molecule has 0 spiro atoms. The standard InChI is InChI=1S/C20H23N5O2/c1-14-12-18(22-25-13-15(2)21-19(14)25)20(26)23(3)16-4-6-17(7-5-16)24-8-10-27-11-9-24/h4-7,12-13H,8-11H2,1-3H3. The van der Waals surface area contributed by atoms with Crippen LogP contribution in [0.2, 0.25) is 0 Å². The number of rotatable bonds is 3. The molecule has 3 aromatic rings. The molecule has 0 atom stereocenters. The predicted octanol–water partition coefficient (Wildman–Crippen LogP) is 2.46. The molecule has 0 aliphatic carbocycles. The van der Waals surface area contributed by atoms with Crippen molar-refractivity contribution >= 4 is 22.9 Å². The van der Waals surface area contributed by atoms with E-state index in [2.05, 4.69) is 15.0 Å². The molecule has 1 aliphatic heterocycles. The first-order chi connectivity index (χ1) is 13.0. The van der Waals surface area contributed by atoms with E-state index in [1.807, 2.05) is 44.3 Å². The number of carbonyl (C=O) groups excluding carboxylic acids is 1. The molecule has 1 aliphatic rings. The maximum atomic E-state index is 12.9. The van der Waals surface area contributed by atoms with Gasteiger partial charge in [0.25, 0.3) is 5.91 Å². The molecule has 2 aromatic heterocycles. The van der Waals surface area contributed by atoms with Crippen LogP contribution in [0, 0.1) is 13.8 Å². The molecule has 1 saturated heterocycles. The first-order valence-corrected chi connectivity index (χ1v) is 9.07. The Balaban J connectivity index is 1.56. The molecule has 1 fully saturated rings. The van der Waals surface area contributed by atoms with Gasteiger partial charge < -0.3 is 14.5 Å². The van der Waals surface area contributed by atoms with Gasteiger partial charge in [-0.25, -0.2) is 9.50 Å². The lowest BCUT2D eigenvalue weighted by Crippen LogP contribution is -2.36. The van der Waals surface area contributed by atoms with Gasteiger partial charge in [-0.15, -0.1) is 0 Å². The van der Waals surface area contributed by atoms with Crippen molar-refractivity contribution in [2.45, 2.75) is 13.8 Å². The Morgan fingerprint density at radius 3 is 2.56 bits per heavy atom. The number of ether oxygens (including phenoxy) is 1. The average Bonchev–Trinajstić information content (AvgIpc) is 3.08. The van der Waals surface area contributed by atoms with Gasteiger partial charge in [-0.05, 0) is 49.7 Å². The lowest BCUT2D eigenvalue weighted by Gasteiger charge is -2.29. The van der Waals surface area contributed by atoms with E-state index in [0.717, 1.165) is 54.6 Å². The van der Waals surface area contributed by atoms with E-state index in [9.17, 15) is 4.79 Å². The van der Waals surface area contributed by atoms with Crippen molar-refractivity contribution in [3.05, 3.63) is 53.5 Å². The first-order valence-electron chi connectivity index (χ1n) is 9.07. The number of aryl methyl sites for hydroxylation is 2. The summed E-state index contributed by atoms with van der Waals surface area (Å²) in [6.45, 7) is 7.14. The second-order valence-corrected chi connectivity index (χ2v) is 6.84. The summed E-state index contributed by atoms with van der Waals surface area (Å²) >= 11 is 0. The molecular formula is C20H23N5O2. The molecule has 0 unspecified atom stereocenters. The second-order valence-electron chi connectivity index (χ2n) is 6.84. The second kappa shape index (κ2) is 7.00. The average molecular weight is 365 g/mol. The van der Waals surface area contributed by atoms with Crippen LogP contribution in [-0.4, -0.2) is 53.9 Å². The van der Waals surface area contributed by atoms with Crippen molar-refractivity contribution in [1.29, 1.82) is 0 Å². The third-order valence-corrected chi connectivity index (χ3v) is 4.87. The maximum Gasteiger partial charge on any atom is 0.278 e. The number of imidazole rings is 1. The first kappa shape index (κ1) is 17.5. The normalized spacial score (nSPS) is 14.6. The van der Waals surface area contributed by atoms with Crippen LogP contribution in [0.5, 0.6) is 0 Å². The summed E-state index contributed by atoms with van der Waals surface area (Å²) in [6.07, 6.45) is 1.83. The highest BCUT2D eigenvalue weighted by atomic mass is 16.5. The van der Waals surface area contributed by atoms with Gasteiger partial charge in [0.15, 0.2) is 5.65 Å². The van der Waals surface area contributed by atoms with Crippen LogP contribution >= 0.6 is 0 Å². The SMILES string of the molecule is Cc1cn2nc(C(=O)N(C)c3ccc(N4CCOCC4)cc3)cc(C)c2n1. The van der Waals surface area contributed by atoms with Crippen LogP contribution in [-0.2, 0) is 4.74 Å². The topological polar surface area (TPSA) is 63.0 Å². The lowest BCUT2D eigenvalue weighted by molar-refractivity contribution is 0.0987. The van der Waals surface area contributed by atoms with Crippen LogP contribution in [0.3, 0.4) is 0 Å². The van der Waals surface area contributed by atoms with Crippen LogP contribution in [0.25, 0.3) is 5.65 Å². The van der Waals surface area contributed by atoms with E-state index in [0.29, 0.717) is 5.69 Å². The van der Waals surface area contributed by atoms with Gasteiger partial charge in [-0.1, -0.05) is 0 Å². The molecule has 3 heterocycles. The Hall–Kier alpha value is -2.93. The van der Waals surface area contributed by atoms with Gasteiger partial charge in [-0.3, -0.25) is 4.79 Å². The molecule has 1 amide bonds. The van der Waals surface area contributed by atoms with Crippen molar-refractivity contribution in [3.63, 3.8) is 0 Å². The number of benzene rings is 1. The lowest BCUT2D eigenvalue weighted by atomic mass is 10.2. The quantitative estimate of drug-likeness (QED) is 0.713. The summed E-state index contributed by atoms with van der Waals surface area (Å²) in [4.78, 5) is 21.3. The largest absolute Gasteiger partial charge is 0.378 e. The molecule has 7 nitrogen and oxygen atoms in total. The van der Waals surface area contributed by atoms with Gasteiger partial charge in [0.2, 0.25) is 0 Å². The van der Waals surface area contributed by atoms with Crippen LogP contribution < -0.4 is 9.80 Å². The Morgan fingerprint density at radius 1 is 1.15 bits per heavy atom. The predicted molar refractivity (Wildman–Crippen MR) is 105 cm³/mol. The molecule has 0 radical (unpaired) electrons. The van der Waals surface area contributed by atoms with Gasteiger partial charge in [-0.2, -0.15) is 5.10 Å². The molecule has 140 valence electrons. The van der Waals surface area contributed by atoms with Crippen molar-refractivity contribution < 1.29 is 9.53 Å². The van der Waals surface area contributed by atoms with Crippen molar-refractivity contribution in [1.82, 2.24) is 14.6 Å². The summed E-state index contributed by atoms with van der Waals surface area (Å²) in [5, 5.41) is 4.44. The summed E-state index contributed by atoms with van der Waals surface area (Å²) in [5.74, 6) is -0.148. The molecule has 4 rings (SSSR count). The van der Waals surface area contributed by atoms with Gasteiger partial charge in [0.1, 0.15) is 5.69 Å². The van der Waals surface area contributed by atoms with Crippen LogP contribution in [0.15, 0.2) is 36.5 Å². The molecule has 7 heteroatoms. The van der Waals surface area contributed by atoms with Gasteiger partial charge in [0.05, 0.1) is 25.1 Å². The Bertz CT molecular complexity index is 974. The summed E-state index contributed by atoms with van der Waals surface area (Å²) in [6, 6.07) is 9.82. The summed E-state index contributed by atoms with van der Waals surface area (Å²) in [5.41, 5.74) is 4.96. The van der Waals surface area contributed by atoms with E-state index < -0.39 is 0 Å². The molecule has 0 bridgehead atoms. The number of hydrogen-bond acceptors (Lipinski definition) is 5. The number of anilines is 2.